The molecule has 0 unspecified atom stereocenters. The van der Waals surface area contributed by atoms with Gasteiger partial charge in [-0.1, -0.05) is 25.3 Å². The van der Waals surface area contributed by atoms with Gasteiger partial charge in [0, 0.05) is 23.4 Å². The summed E-state index contributed by atoms with van der Waals surface area (Å²) in [5, 5.41) is 0. The first kappa shape index (κ1) is 19.4. The van der Waals surface area contributed by atoms with Crippen molar-refractivity contribution in [2.45, 2.75) is 26.8 Å². The Labute approximate surface area is 164 Å². The van der Waals surface area contributed by atoms with Crippen LogP contribution in [0.15, 0.2) is 55.1 Å². The van der Waals surface area contributed by atoms with Crippen molar-refractivity contribution >= 4 is 17.6 Å². The number of ether oxygens (including phenoxy) is 2. The molecule has 5 nitrogen and oxygen atoms in total. The Bertz CT molecular complexity index is 1010. The first-order valence-electron chi connectivity index (χ1n) is 8.90. The summed E-state index contributed by atoms with van der Waals surface area (Å²) in [6.07, 6.45) is 1.12. The number of rotatable bonds is 5. The van der Waals surface area contributed by atoms with E-state index in [2.05, 4.69) is 13.2 Å². The number of methoxy groups -OCH3 is 1. The van der Waals surface area contributed by atoms with E-state index in [0.29, 0.717) is 11.3 Å². The zero-order valence-corrected chi connectivity index (χ0v) is 16.5. The van der Waals surface area contributed by atoms with E-state index in [-0.39, 0.29) is 11.9 Å². The zero-order valence-electron chi connectivity index (χ0n) is 16.5. The number of anilines is 1. The van der Waals surface area contributed by atoms with Crippen LogP contribution in [0.3, 0.4) is 0 Å². The largest absolute Gasteiger partial charge is 0.496 e. The van der Waals surface area contributed by atoms with Crippen LogP contribution in [0, 0.1) is 20.8 Å². The standard InChI is InChI=1S/C23H23NO4/c1-7-21(25)28-19-11-17(9-8-13(19)2)22-16(5)23(26)24(22)18-10-14(3)15(4)20(12-18)27-6/h7-12,22H,1,5H2,2-4,6H3/t22-/m1/s1. The van der Waals surface area contributed by atoms with E-state index >= 15 is 0 Å². The maximum Gasteiger partial charge on any atom is 0.335 e. The monoisotopic (exact) mass is 377 g/mol. The highest BCUT2D eigenvalue weighted by Crippen LogP contribution is 2.44. The van der Waals surface area contributed by atoms with Crippen molar-refractivity contribution in [3.05, 3.63) is 77.4 Å². The van der Waals surface area contributed by atoms with Gasteiger partial charge in [0.25, 0.3) is 5.91 Å². The molecule has 0 N–H and O–H groups in total. The normalized spacial score (nSPS) is 15.9. The molecule has 3 rings (SSSR count). The van der Waals surface area contributed by atoms with Gasteiger partial charge in [-0.05, 0) is 55.2 Å². The Hall–Kier alpha value is -3.34. The van der Waals surface area contributed by atoms with E-state index in [1.54, 1.807) is 18.1 Å². The molecule has 1 atom stereocenters. The molecule has 0 aromatic heterocycles. The van der Waals surface area contributed by atoms with E-state index in [1.165, 1.54) is 0 Å². The number of nitrogens with zero attached hydrogens (tertiary/aromatic N) is 1. The second kappa shape index (κ2) is 7.35. The molecule has 1 amide bonds. The molecule has 1 aliphatic rings. The van der Waals surface area contributed by atoms with Crippen LogP contribution in [0.1, 0.15) is 28.3 Å². The molecule has 144 valence electrons. The van der Waals surface area contributed by atoms with Crippen molar-refractivity contribution in [2.24, 2.45) is 0 Å². The fraction of sp³-hybridized carbons (Fsp3) is 0.217. The first-order chi connectivity index (χ1) is 13.3. The number of hydrogen-bond acceptors (Lipinski definition) is 4. The number of carbonyl (C=O) groups excluding carboxylic acids is 2. The third kappa shape index (κ3) is 3.20. The summed E-state index contributed by atoms with van der Waals surface area (Å²) >= 11 is 0. The molecule has 1 heterocycles. The van der Waals surface area contributed by atoms with E-state index in [1.807, 2.05) is 45.0 Å². The van der Waals surface area contributed by atoms with E-state index < -0.39 is 5.97 Å². The lowest BCUT2D eigenvalue weighted by molar-refractivity contribution is -0.129. The van der Waals surface area contributed by atoms with Crippen molar-refractivity contribution in [2.75, 3.05) is 12.0 Å². The van der Waals surface area contributed by atoms with Crippen molar-refractivity contribution in [1.29, 1.82) is 0 Å². The third-order valence-electron chi connectivity index (χ3n) is 5.09. The van der Waals surface area contributed by atoms with Gasteiger partial charge in [0.2, 0.25) is 0 Å². The minimum atomic E-state index is -0.528. The number of amides is 1. The molecule has 1 aliphatic heterocycles. The summed E-state index contributed by atoms with van der Waals surface area (Å²) in [5.41, 5.74) is 4.93. The maximum absolute atomic E-state index is 12.6. The second-order valence-electron chi connectivity index (χ2n) is 6.84. The topological polar surface area (TPSA) is 55.8 Å². The van der Waals surface area contributed by atoms with Gasteiger partial charge >= 0.3 is 5.97 Å². The van der Waals surface area contributed by atoms with Gasteiger partial charge in [0.15, 0.2) is 0 Å². The van der Waals surface area contributed by atoms with Crippen LogP contribution in [-0.4, -0.2) is 19.0 Å². The first-order valence-corrected chi connectivity index (χ1v) is 8.90. The van der Waals surface area contributed by atoms with Crippen molar-refractivity contribution in [3.63, 3.8) is 0 Å². The summed E-state index contributed by atoms with van der Waals surface area (Å²) in [4.78, 5) is 25.9. The molecule has 1 saturated heterocycles. The maximum atomic E-state index is 12.6. The average Bonchev–Trinajstić information content (AvgIpc) is 2.69. The SMILES string of the molecule is C=CC(=O)Oc1cc([C@H]2C(=C)C(=O)N2c2cc(C)c(C)c(OC)c2)ccc1C. The van der Waals surface area contributed by atoms with Gasteiger partial charge in [0.05, 0.1) is 13.2 Å². The van der Waals surface area contributed by atoms with Crippen molar-refractivity contribution < 1.29 is 19.1 Å². The van der Waals surface area contributed by atoms with Crippen LogP contribution in [0.2, 0.25) is 0 Å². The van der Waals surface area contributed by atoms with Crippen LogP contribution in [0.5, 0.6) is 11.5 Å². The molecular formula is C23H23NO4. The number of esters is 1. The molecule has 1 fully saturated rings. The molecule has 0 bridgehead atoms. The van der Waals surface area contributed by atoms with Gasteiger partial charge in [0.1, 0.15) is 11.5 Å². The molecule has 28 heavy (non-hydrogen) atoms. The van der Waals surface area contributed by atoms with E-state index in [9.17, 15) is 9.59 Å². The minimum absolute atomic E-state index is 0.138. The van der Waals surface area contributed by atoms with Crippen LogP contribution in [0.25, 0.3) is 0 Å². The van der Waals surface area contributed by atoms with Crippen LogP contribution >= 0.6 is 0 Å². The van der Waals surface area contributed by atoms with Crippen LogP contribution in [0.4, 0.5) is 5.69 Å². The Morgan fingerprint density at radius 3 is 2.46 bits per heavy atom. The Morgan fingerprint density at radius 2 is 1.82 bits per heavy atom. The fourth-order valence-electron chi connectivity index (χ4n) is 3.30. The van der Waals surface area contributed by atoms with Crippen molar-refractivity contribution in [1.82, 2.24) is 0 Å². The highest BCUT2D eigenvalue weighted by Gasteiger charge is 2.43. The van der Waals surface area contributed by atoms with Gasteiger partial charge < -0.3 is 9.47 Å². The summed E-state index contributed by atoms with van der Waals surface area (Å²) in [6, 6.07) is 9.02. The summed E-state index contributed by atoms with van der Waals surface area (Å²) in [5.74, 6) is 0.496. The summed E-state index contributed by atoms with van der Waals surface area (Å²) in [6.45, 7) is 13.2. The Morgan fingerprint density at radius 1 is 1.11 bits per heavy atom. The summed E-state index contributed by atoms with van der Waals surface area (Å²) in [7, 11) is 1.61. The second-order valence-corrected chi connectivity index (χ2v) is 6.84. The molecular weight excluding hydrogens is 354 g/mol. The lowest BCUT2D eigenvalue weighted by Crippen LogP contribution is -2.48. The smallest absolute Gasteiger partial charge is 0.335 e. The molecule has 2 aromatic rings. The molecule has 0 aliphatic carbocycles. The molecule has 0 spiro atoms. The lowest BCUT2D eigenvalue weighted by atomic mass is 9.87. The number of β-lactam (4-membered cyclic amide) rings is 1. The summed E-state index contributed by atoms with van der Waals surface area (Å²) < 4.78 is 10.8. The van der Waals surface area contributed by atoms with Crippen LogP contribution in [-0.2, 0) is 9.59 Å². The number of aryl methyl sites for hydroxylation is 2. The number of hydrogen-bond donors (Lipinski definition) is 0. The predicted octanol–water partition coefficient (Wildman–Crippen LogP) is 4.36. The highest BCUT2D eigenvalue weighted by molar-refractivity contribution is 6.15. The molecule has 5 heteroatoms. The Balaban J connectivity index is 2.02. The zero-order chi connectivity index (χ0) is 20.6. The molecule has 0 saturated carbocycles. The average molecular weight is 377 g/mol. The quantitative estimate of drug-likeness (QED) is 0.336. The predicted molar refractivity (Wildman–Crippen MR) is 109 cm³/mol. The van der Waals surface area contributed by atoms with Crippen molar-refractivity contribution in [3.8, 4) is 11.5 Å². The van der Waals surface area contributed by atoms with E-state index in [4.69, 9.17) is 9.47 Å². The number of benzene rings is 2. The lowest BCUT2D eigenvalue weighted by Gasteiger charge is -2.43. The Kier molecular flexibility index (Phi) is 5.10. The van der Waals surface area contributed by atoms with Gasteiger partial charge in [-0.3, -0.25) is 9.69 Å². The van der Waals surface area contributed by atoms with Gasteiger partial charge in [-0.25, -0.2) is 4.79 Å². The van der Waals surface area contributed by atoms with Gasteiger partial charge in [-0.2, -0.15) is 0 Å². The fourth-order valence-corrected chi connectivity index (χ4v) is 3.30. The third-order valence-corrected chi connectivity index (χ3v) is 5.09. The van der Waals surface area contributed by atoms with Gasteiger partial charge in [-0.15, -0.1) is 0 Å². The molecule has 0 radical (unpaired) electrons. The van der Waals surface area contributed by atoms with Crippen LogP contribution < -0.4 is 14.4 Å². The van der Waals surface area contributed by atoms with E-state index in [0.717, 1.165) is 39.8 Å². The molecule has 2 aromatic carbocycles. The highest BCUT2D eigenvalue weighted by atomic mass is 16.5. The minimum Gasteiger partial charge on any atom is -0.496 e. The number of carbonyl (C=O) groups is 2.